The summed E-state index contributed by atoms with van der Waals surface area (Å²) in [5.74, 6) is 1.73. The molecule has 0 radical (unpaired) electrons. The molecule has 1 aliphatic rings. The smallest absolute Gasteiger partial charge is 0.240 e. The monoisotopic (exact) mass is 361 g/mol. The predicted octanol–water partition coefficient (Wildman–Crippen LogP) is 3.10. The highest BCUT2D eigenvalue weighted by molar-refractivity contribution is 7.89. The van der Waals surface area contributed by atoms with Crippen molar-refractivity contribution in [3.8, 4) is 11.5 Å². The number of methoxy groups -OCH3 is 1. The van der Waals surface area contributed by atoms with Crippen molar-refractivity contribution in [3.63, 3.8) is 0 Å². The summed E-state index contributed by atoms with van der Waals surface area (Å²) in [6.45, 7) is 4.43. The van der Waals surface area contributed by atoms with E-state index in [0.29, 0.717) is 23.8 Å². The van der Waals surface area contributed by atoms with E-state index in [1.807, 2.05) is 30.3 Å². The average molecular weight is 361 g/mol. The second-order valence-electron chi connectivity index (χ2n) is 6.51. The van der Waals surface area contributed by atoms with Crippen molar-refractivity contribution >= 4 is 10.0 Å². The van der Waals surface area contributed by atoms with Crippen molar-refractivity contribution in [3.05, 3.63) is 53.6 Å². The van der Waals surface area contributed by atoms with E-state index in [4.69, 9.17) is 9.47 Å². The molecule has 1 unspecified atom stereocenters. The molecule has 134 valence electrons. The normalized spacial score (nSPS) is 17.0. The van der Waals surface area contributed by atoms with Gasteiger partial charge < -0.3 is 9.47 Å². The lowest BCUT2D eigenvalue weighted by Crippen LogP contribution is -2.42. The number of rotatable bonds is 5. The summed E-state index contributed by atoms with van der Waals surface area (Å²) in [4.78, 5) is 0.272. The highest BCUT2D eigenvalue weighted by Crippen LogP contribution is 2.34. The maximum absolute atomic E-state index is 12.6. The second-order valence-corrected chi connectivity index (χ2v) is 8.22. The maximum atomic E-state index is 12.6. The topological polar surface area (TPSA) is 64.6 Å². The summed E-state index contributed by atoms with van der Waals surface area (Å²) in [6, 6.07) is 12.3. The lowest BCUT2D eigenvalue weighted by Gasteiger charge is -2.27. The Balaban J connectivity index is 1.75. The van der Waals surface area contributed by atoms with E-state index in [9.17, 15) is 8.42 Å². The molecule has 2 aromatic carbocycles. The van der Waals surface area contributed by atoms with Crippen LogP contribution in [-0.2, 0) is 16.4 Å². The lowest BCUT2D eigenvalue weighted by molar-refractivity contribution is 0.240. The molecule has 0 fully saturated rings. The van der Waals surface area contributed by atoms with Gasteiger partial charge in [0.15, 0.2) is 11.5 Å². The minimum absolute atomic E-state index is 0.272. The Morgan fingerprint density at radius 1 is 1.16 bits per heavy atom. The fraction of sp³-hybridized carbons (Fsp3) is 0.368. The van der Waals surface area contributed by atoms with E-state index in [-0.39, 0.29) is 17.5 Å². The first kappa shape index (κ1) is 17.8. The lowest BCUT2D eigenvalue weighted by atomic mass is 10.0. The van der Waals surface area contributed by atoms with Crippen molar-refractivity contribution in [2.75, 3.05) is 13.7 Å². The van der Waals surface area contributed by atoms with Crippen LogP contribution in [0.2, 0.25) is 0 Å². The third kappa shape index (κ3) is 3.80. The number of para-hydroxylation sites is 1. The van der Waals surface area contributed by atoms with Crippen molar-refractivity contribution in [1.82, 2.24) is 4.72 Å². The van der Waals surface area contributed by atoms with Crippen LogP contribution in [0.25, 0.3) is 0 Å². The Morgan fingerprint density at radius 2 is 1.88 bits per heavy atom. The molecular weight excluding hydrogens is 338 g/mol. The van der Waals surface area contributed by atoms with Gasteiger partial charge in [-0.05, 0) is 41.7 Å². The standard InChI is InChI=1S/C19H23NO4S/c1-13(2)14-7-9-17(10-8-14)25(21,22)20-16-11-15-5-4-6-18(23-3)19(15)24-12-16/h4-10,13,16,20H,11-12H2,1-3H3. The van der Waals surface area contributed by atoms with Gasteiger partial charge in [-0.2, -0.15) is 0 Å². The van der Waals surface area contributed by atoms with E-state index in [1.165, 1.54) is 0 Å². The predicted molar refractivity (Wildman–Crippen MR) is 96.8 cm³/mol. The Kier molecular flexibility index (Phi) is 5.01. The highest BCUT2D eigenvalue weighted by Gasteiger charge is 2.27. The summed E-state index contributed by atoms with van der Waals surface area (Å²) < 4.78 is 39.0. The number of benzene rings is 2. The average Bonchev–Trinajstić information content (AvgIpc) is 2.60. The van der Waals surface area contributed by atoms with Crippen LogP contribution in [0.1, 0.15) is 30.9 Å². The molecule has 3 rings (SSSR count). The molecule has 0 aliphatic carbocycles. The van der Waals surface area contributed by atoms with Gasteiger partial charge in [-0.15, -0.1) is 0 Å². The van der Waals surface area contributed by atoms with Crippen LogP contribution in [0.4, 0.5) is 0 Å². The molecule has 5 nitrogen and oxygen atoms in total. The second kappa shape index (κ2) is 7.06. The Bertz CT molecular complexity index is 844. The van der Waals surface area contributed by atoms with Gasteiger partial charge in [0.1, 0.15) is 6.61 Å². The Morgan fingerprint density at radius 3 is 2.52 bits per heavy atom. The van der Waals surface area contributed by atoms with Gasteiger partial charge in [-0.1, -0.05) is 38.1 Å². The van der Waals surface area contributed by atoms with E-state index in [2.05, 4.69) is 18.6 Å². The summed E-state index contributed by atoms with van der Waals surface area (Å²) in [5.41, 5.74) is 2.05. The summed E-state index contributed by atoms with van der Waals surface area (Å²) in [7, 11) is -1.99. The molecule has 6 heteroatoms. The number of ether oxygens (including phenoxy) is 2. The number of hydrogen-bond donors (Lipinski definition) is 1. The molecule has 0 amide bonds. The molecule has 1 heterocycles. The SMILES string of the molecule is COc1cccc2c1OCC(NS(=O)(=O)c1ccc(C(C)C)cc1)C2. The molecule has 1 N–H and O–H groups in total. The summed E-state index contributed by atoms with van der Waals surface area (Å²) >= 11 is 0. The van der Waals surface area contributed by atoms with Crippen LogP contribution in [0.3, 0.4) is 0 Å². The number of sulfonamides is 1. The molecular formula is C19H23NO4S. The van der Waals surface area contributed by atoms with E-state index < -0.39 is 10.0 Å². The molecule has 1 aliphatic heterocycles. The van der Waals surface area contributed by atoms with Crippen molar-refractivity contribution in [2.24, 2.45) is 0 Å². The van der Waals surface area contributed by atoms with Crippen molar-refractivity contribution in [1.29, 1.82) is 0 Å². The van der Waals surface area contributed by atoms with Gasteiger partial charge in [0.2, 0.25) is 10.0 Å². The molecule has 1 atom stereocenters. The van der Waals surface area contributed by atoms with Gasteiger partial charge >= 0.3 is 0 Å². The zero-order valence-electron chi connectivity index (χ0n) is 14.7. The largest absolute Gasteiger partial charge is 0.493 e. The minimum Gasteiger partial charge on any atom is -0.493 e. The summed E-state index contributed by atoms with van der Waals surface area (Å²) in [6.07, 6.45) is 0.565. The molecule has 0 saturated carbocycles. The van der Waals surface area contributed by atoms with E-state index >= 15 is 0 Å². The Labute approximate surface area is 149 Å². The maximum Gasteiger partial charge on any atom is 0.240 e. The van der Waals surface area contributed by atoms with Crippen molar-refractivity contribution in [2.45, 2.75) is 37.1 Å². The number of fused-ring (bicyclic) bond motifs is 1. The Hall–Kier alpha value is -2.05. The van der Waals surface area contributed by atoms with Gasteiger partial charge in [0.05, 0.1) is 18.0 Å². The van der Waals surface area contributed by atoms with Gasteiger partial charge in [0, 0.05) is 0 Å². The van der Waals surface area contributed by atoms with Crippen LogP contribution < -0.4 is 14.2 Å². The zero-order chi connectivity index (χ0) is 18.0. The fourth-order valence-electron chi connectivity index (χ4n) is 2.95. The fourth-order valence-corrected chi connectivity index (χ4v) is 4.17. The first-order chi connectivity index (χ1) is 11.9. The quantitative estimate of drug-likeness (QED) is 0.889. The van der Waals surface area contributed by atoms with Crippen LogP contribution in [-0.4, -0.2) is 28.2 Å². The minimum atomic E-state index is -3.58. The molecule has 0 spiro atoms. The third-order valence-corrected chi connectivity index (χ3v) is 5.89. The molecule has 0 aromatic heterocycles. The molecule has 2 aromatic rings. The third-order valence-electron chi connectivity index (χ3n) is 4.35. The molecule has 25 heavy (non-hydrogen) atoms. The summed E-state index contributed by atoms with van der Waals surface area (Å²) in [5, 5.41) is 0. The van der Waals surface area contributed by atoms with Gasteiger partial charge in [-0.25, -0.2) is 13.1 Å². The van der Waals surface area contributed by atoms with Crippen molar-refractivity contribution < 1.29 is 17.9 Å². The first-order valence-electron chi connectivity index (χ1n) is 8.31. The molecule has 0 bridgehead atoms. The number of hydrogen-bond acceptors (Lipinski definition) is 4. The van der Waals surface area contributed by atoms with Crippen LogP contribution in [0.15, 0.2) is 47.4 Å². The van der Waals surface area contributed by atoms with Gasteiger partial charge in [-0.3, -0.25) is 0 Å². The van der Waals surface area contributed by atoms with E-state index in [1.54, 1.807) is 19.2 Å². The molecule has 0 saturated heterocycles. The van der Waals surface area contributed by atoms with Crippen LogP contribution in [0.5, 0.6) is 11.5 Å². The van der Waals surface area contributed by atoms with E-state index in [0.717, 1.165) is 11.1 Å². The van der Waals surface area contributed by atoms with Crippen LogP contribution in [0, 0.1) is 0 Å². The first-order valence-corrected chi connectivity index (χ1v) is 9.80. The number of nitrogens with one attached hydrogen (secondary N) is 1. The zero-order valence-corrected chi connectivity index (χ0v) is 15.5. The van der Waals surface area contributed by atoms with Crippen LogP contribution >= 0.6 is 0 Å². The highest BCUT2D eigenvalue weighted by atomic mass is 32.2. The van der Waals surface area contributed by atoms with Gasteiger partial charge in [0.25, 0.3) is 0 Å².